The summed E-state index contributed by atoms with van der Waals surface area (Å²) in [5.41, 5.74) is 0.524. The van der Waals surface area contributed by atoms with Gasteiger partial charge in [-0.05, 0) is 24.8 Å². The number of nitrogens with one attached hydrogen (secondary N) is 2. The number of aryl methyl sites for hydroxylation is 1. The van der Waals surface area contributed by atoms with Crippen LogP contribution in [0.3, 0.4) is 0 Å². The molecule has 1 saturated heterocycles. The third-order valence-electron chi connectivity index (χ3n) is 4.95. The van der Waals surface area contributed by atoms with Crippen molar-refractivity contribution >= 4 is 22.7 Å². The molecule has 2 fully saturated rings. The van der Waals surface area contributed by atoms with Crippen molar-refractivity contribution in [2.24, 2.45) is 11.1 Å². The van der Waals surface area contributed by atoms with E-state index < -0.39 is 11.2 Å². The van der Waals surface area contributed by atoms with Crippen LogP contribution >= 0.6 is 0 Å². The molecule has 0 spiro atoms. The quantitative estimate of drug-likeness (QED) is 0.788. The Morgan fingerprint density at radius 1 is 1.37 bits per heavy atom. The SMILES string of the molecule is CCc1cc(=O)oc2[nH+]c(ON=C3CCN(C(=O)C4CC4)CC3)[nH]c(=O)c12. The Bertz CT molecular complexity index is 1020. The lowest BCUT2D eigenvalue weighted by molar-refractivity contribution is -0.380. The number of carbonyl (C=O) groups excluding carboxylic acids is 1. The minimum Gasteiger partial charge on any atom is -0.385 e. The second kappa shape index (κ2) is 6.98. The van der Waals surface area contributed by atoms with Gasteiger partial charge in [-0.3, -0.25) is 9.63 Å². The van der Waals surface area contributed by atoms with Crippen LogP contribution in [0.4, 0.5) is 0 Å². The molecule has 3 heterocycles. The van der Waals surface area contributed by atoms with Crippen molar-refractivity contribution < 1.29 is 19.0 Å². The van der Waals surface area contributed by atoms with E-state index in [0.717, 1.165) is 18.6 Å². The summed E-state index contributed by atoms with van der Waals surface area (Å²) >= 11 is 0. The number of aromatic nitrogens is 2. The van der Waals surface area contributed by atoms with Crippen LogP contribution in [-0.2, 0) is 11.2 Å². The van der Waals surface area contributed by atoms with Crippen LogP contribution < -0.4 is 21.0 Å². The molecule has 1 aliphatic heterocycles. The zero-order chi connectivity index (χ0) is 19.0. The van der Waals surface area contributed by atoms with Crippen LogP contribution in [0.25, 0.3) is 11.1 Å². The van der Waals surface area contributed by atoms with Crippen molar-refractivity contribution in [2.75, 3.05) is 13.1 Å². The first-order valence-electron chi connectivity index (χ1n) is 9.19. The minimum atomic E-state index is -0.536. The maximum atomic E-state index is 12.3. The minimum absolute atomic E-state index is 0.00658. The topological polar surface area (TPSA) is 119 Å². The molecule has 0 bridgehead atoms. The maximum Gasteiger partial charge on any atom is 0.484 e. The third kappa shape index (κ3) is 3.62. The van der Waals surface area contributed by atoms with E-state index in [-0.39, 0.29) is 23.5 Å². The molecule has 1 saturated carbocycles. The van der Waals surface area contributed by atoms with E-state index in [2.05, 4.69) is 15.1 Å². The Kier molecular flexibility index (Phi) is 4.51. The molecule has 2 N–H and O–H groups in total. The Balaban J connectivity index is 1.49. The van der Waals surface area contributed by atoms with Gasteiger partial charge in [0.15, 0.2) is 5.39 Å². The normalized spacial score (nSPS) is 17.2. The van der Waals surface area contributed by atoms with Crippen molar-refractivity contribution in [2.45, 2.75) is 39.0 Å². The number of H-pyrrole nitrogens is 2. The summed E-state index contributed by atoms with van der Waals surface area (Å²) in [4.78, 5) is 48.5. The highest BCUT2D eigenvalue weighted by atomic mass is 16.6. The summed E-state index contributed by atoms with van der Waals surface area (Å²) in [5.74, 6) is 0.462. The number of oxime groups is 1. The van der Waals surface area contributed by atoms with Crippen molar-refractivity contribution in [3.8, 4) is 6.01 Å². The standard InChI is InChI=1S/C18H20N4O5/c1-2-10-9-13(23)26-16-14(10)15(24)19-18(20-16)27-21-12-5-7-22(8-6-12)17(25)11-3-4-11/h9,11H,2-8H2,1H3,(H,19,20,24)/p+1. The number of nitrogens with zero attached hydrogens (tertiary/aromatic N) is 2. The lowest BCUT2D eigenvalue weighted by atomic mass is 10.1. The van der Waals surface area contributed by atoms with Crippen LogP contribution in [0.2, 0.25) is 0 Å². The Morgan fingerprint density at radius 3 is 2.78 bits per heavy atom. The zero-order valence-electron chi connectivity index (χ0n) is 15.0. The summed E-state index contributed by atoms with van der Waals surface area (Å²) in [7, 11) is 0. The second-order valence-corrected chi connectivity index (χ2v) is 6.90. The summed E-state index contributed by atoms with van der Waals surface area (Å²) in [6.07, 6.45) is 3.79. The molecule has 9 nitrogen and oxygen atoms in total. The van der Waals surface area contributed by atoms with Crippen molar-refractivity contribution in [3.05, 3.63) is 32.4 Å². The number of fused-ring (bicyclic) bond motifs is 1. The lowest BCUT2D eigenvalue weighted by Crippen LogP contribution is -2.39. The van der Waals surface area contributed by atoms with Gasteiger partial charge in [0.05, 0.1) is 5.71 Å². The molecule has 0 unspecified atom stereocenters. The monoisotopic (exact) mass is 373 g/mol. The van der Waals surface area contributed by atoms with E-state index in [4.69, 9.17) is 9.25 Å². The molecule has 2 aromatic rings. The first-order chi connectivity index (χ1) is 13.0. The van der Waals surface area contributed by atoms with Gasteiger partial charge in [0, 0.05) is 37.9 Å². The Morgan fingerprint density at radius 2 is 2.11 bits per heavy atom. The molecule has 0 radical (unpaired) electrons. The Labute approximate surface area is 154 Å². The van der Waals surface area contributed by atoms with Crippen LogP contribution in [0.15, 0.2) is 25.2 Å². The Hall–Kier alpha value is -2.97. The van der Waals surface area contributed by atoms with Gasteiger partial charge in [-0.25, -0.2) is 9.59 Å². The van der Waals surface area contributed by atoms with Gasteiger partial charge in [-0.1, -0.05) is 12.1 Å². The zero-order valence-corrected chi connectivity index (χ0v) is 15.0. The number of carbonyl (C=O) groups is 1. The van der Waals surface area contributed by atoms with E-state index >= 15 is 0 Å². The molecule has 0 atom stereocenters. The molecule has 2 aliphatic rings. The van der Waals surface area contributed by atoms with Gasteiger partial charge in [0.1, 0.15) is 0 Å². The third-order valence-corrected chi connectivity index (χ3v) is 4.95. The van der Waals surface area contributed by atoms with E-state index in [1.807, 2.05) is 11.8 Å². The van der Waals surface area contributed by atoms with Gasteiger partial charge in [-0.2, -0.15) is 9.97 Å². The molecule has 1 amide bonds. The van der Waals surface area contributed by atoms with E-state index in [1.54, 1.807) is 0 Å². The predicted octanol–water partition coefficient (Wildman–Crippen LogP) is 0.625. The van der Waals surface area contributed by atoms with E-state index in [1.165, 1.54) is 6.07 Å². The highest BCUT2D eigenvalue weighted by Crippen LogP contribution is 2.31. The van der Waals surface area contributed by atoms with Crippen molar-refractivity contribution in [1.29, 1.82) is 0 Å². The molecule has 2 aromatic heterocycles. The number of rotatable bonds is 4. The first kappa shape index (κ1) is 17.4. The number of amides is 1. The van der Waals surface area contributed by atoms with Crippen LogP contribution in [-0.4, -0.2) is 34.6 Å². The molecular weight excluding hydrogens is 352 g/mol. The lowest BCUT2D eigenvalue weighted by Gasteiger charge is -2.27. The first-order valence-corrected chi connectivity index (χ1v) is 9.19. The largest absolute Gasteiger partial charge is 0.484 e. The maximum absolute atomic E-state index is 12.3. The molecule has 27 heavy (non-hydrogen) atoms. The average molecular weight is 373 g/mol. The predicted molar refractivity (Wildman–Crippen MR) is 95.6 cm³/mol. The van der Waals surface area contributed by atoms with Crippen LogP contribution in [0.1, 0.15) is 38.2 Å². The summed E-state index contributed by atoms with van der Waals surface area (Å²) in [5, 5.41) is 4.37. The van der Waals surface area contributed by atoms with E-state index in [9.17, 15) is 14.4 Å². The molecule has 0 aromatic carbocycles. The highest BCUT2D eigenvalue weighted by molar-refractivity contribution is 5.88. The number of aromatic amines is 2. The molecular formula is C18H21N4O5+. The second-order valence-electron chi connectivity index (χ2n) is 6.90. The molecule has 9 heteroatoms. The summed E-state index contributed by atoms with van der Waals surface area (Å²) < 4.78 is 5.08. The van der Waals surface area contributed by atoms with Crippen LogP contribution in [0.5, 0.6) is 6.01 Å². The van der Waals surface area contributed by atoms with Gasteiger partial charge in [-0.15, -0.1) is 0 Å². The number of piperidine rings is 1. The summed E-state index contributed by atoms with van der Waals surface area (Å²) in [6, 6.07) is 1.30. The highest BCUT2D eigenvalue weighted by Gasteiger charge is 2.34. The van der Waals surface area contributed by atoms with Crippen LogP contribution in [0, 0.1) is 5.92 Å². The van der Waals surface area contributed by atoms with Gasteiger partial charge < -0.3 is 9.32 Å². The fourth-order valence-corrected chi connectivity index (χ4v) is 3.28. The van der Waals surface area contributed by atoms with Crippen molar-refractivity contribution in [1.82, 2.24) is 9.88 Å². The van der Waals surface area contributed by atoms with Gasteiger partial charge >= 0.3 is 22.9 Å². The van der Waals surface area contributed by atoms with E-state index in [0.29, 0.717) is 43.3 Å². The molecule has 142 valence electrons. The molecule has 1 aliphatic carbocycles. The number of hydrogen-bond acceptors (Lipinski definition) is 6. The average Bonchev–Trinajstić information content (AvgIpc) is 3.50. The van der Waals surface area contributed by atoms with Gasteiger partial charge in [0.2, 0.25) is 5.91 Å². The van der Waals surface area contributed by atoms with Gasteiger partial charge in [0.25, 0.3) is 0 Å². The van der Waals surface area contributed by atoms with Crippen molar-refractivity contribution in [3.63, 3.8) is 0 Å². The number of hydrogen-bond donors (Lipinski definition) is 1. The fraction of sp³-hybridized carbons (Fsp3) is 0.500. The fourth-order valence-electron chi connectivity index (χ4n) is 3.28. The summed E-state index contributed by atoms with van der Waals surface area (Å²) in [6.45, 7) is 3.11. The smallest absolute Gasteiger partial charge is 0.385 e. The number of likely N-dealkylation sites (tertiary alicyclic amines) is 1. The molecule has 4 rings (SSSR count).